The van der Waals surface area contributed by atoms with Crippen LogP contribution in [0.2, 0.25) is 0 Å². The van der Waals surface area contributed by atoms with Crippen LogP contribution in [0.4, 0.5) is 47.0 Å². The maximum Gasteiger partial charge on any atom is 0.416 e. The van der Waals surface area contributed by atoms with Crippen LogP contribution in [0.1, 0.15) is 33.8 Å². The van der Waals surface area contributed by atoms with E-state index in [-0.39, 0.29) is 32.0 Å². The van der Waals surface area contributed by atoms with Crippen LogP contribution in [0.25, 0.3) is 0 Å². The van der Waals surface area contributed by atoms with E-state index < -0.39 is 41.0 Å². The molecule has 0 saturated carbocycles. The van der Waals surface area contributed by atoms with Crippen molar-refractivity contribution in [2.75, 3.05) is 43.1 Å². The molecule has 3 aromatic rings. The first-order chi connectivity index (χ1) is 19.4. The van der Waals surface area contributed by atoms with E-state index in [1.807, 2.05) is 4.90 Å². The Balaban J connectivity index is 1.42. The fourth-order valence-electron chi connectivity index (χ4n) is 4.79. The number of benzene rings is 2. The minimum atomic E-state index is -5.04. The number of halogens is 7. The fourth-order valence-corrected chi connectivity index (χ4v) is 4.79. The average molecular weight is 584 g/mol. The molecule has 5 rings (SSSR count). The second kappa shape index (κ2) is 11.1. The standard InChI is InChI=1S/C27H24F7N5O2/c28-19-3-1-2-16(10-19)11-23-36-22-4-5-39(15-21(22)24(37-23)38-6-8-41-9-7-38)25(40)35-20-13-17(26(29,30)31)12-18(14-20)27(32,33)34/h1-3,10,12-14H,4-9,11,15H2,(H,35,40). The Morgan fingerprint density at radius 1 is 0.927 bits per heavy atom. The van der Waals surface area contributed by atoms with Crippen LogP contribution in [0, 0.1) is 5.82 Å². The number of ether oxygens (including phenoxy) is 1. The number of carbonyl (C=O) groups excluding carboxylic acids is 1. The Kier molecular flexibility index (Phi) is 7.77. The highest BCUT2D eigenvalue weighted by atomic mass is 19.4. The molecular formula is C27H24F7N5O2. The van der Waals surface area contributed by atoms with Gasteiger partial charge in [0.25, 0.3) is 0 Å². The molecule has 2 aromatic carbocycles. The molecule has 41 heavy (non-hydrogen) atoms. The van der Waals surface area contributed by atoms with E-state index >= 15 is 0 Å². The molecule has 1 aromatic heterocycles. The molecule has 14 heteroatoms. The number of urea groups is 1. The van der Waals surface area contributed by atoms with Crippen LogP contribution in [0.5, 0.6) is 0 Å². The van der Waals surface area contributed by atoms with Gasteiger partial charge >= 0.3 is 18.4 Å². The smallest absolute Gasteiger partial charge is 0.378 e. The van der Waals surface area contributed by atoms with Gasteiger partial charge in [-0.3, -0.25) is 0 Å². The lowest BCUT2D eigenvalue weighted by Crippen LogP contribution is -2.42. The van der Waals surface area contributed by atoms with E-state index in [0.29, 0.717) is 66.9 Å². The van der Waals surface area contributed by atoms with Gasteiger partial charge in [0.15, 0.2) is 0 Å². The molecule has 2 aliphatic heterocycles. The molecule has 0 atom stereocenters. The molecular weight excluding hydrogens is 559 g/mol. The van der Waals surface area contributed by atoms with Crippen molar-refractivity contribution in [3.05, 3.63) is 82.1 Å². The summed E-state index contributed by atoms with van der Waals surface area (Å²) < 4.78 is 98.8. The molecule has 0 bridgehead atoms. The third-order valence-electron chi connectivity index (χ3n) is 6.77. The Morgan fingerprint density at radius 2 is 1.61 bits per heavy atom. The predicted octanol–water partition coefficient (Wildman–Crippen LogP) is 5.67. The molecule has 3 heterocycles. The normalized spacial score (nSPS) is 16.0. The number of morpholine rings is 1. The second-order valence-corrected chi connectivity index (χ2v) is 9.69. The van der Waals surface area contributed by atoms with Gasteiger partial charge in [-0.15, -0.1) is 0 Å². The van der Waals surface area contributed by atoms with Crippen molar-refractivity contribution in [3.8, 4) is 0 Å². The number of fused-ring (bicyclic) bond motifs is 1. The molecule has 1 saturated heterocycles. The van der Waals surface area contributed by atoms with Crippen LogP contribution >= 0.6 is 0 Å². The fraction of sp³-hybridized carbons (Fsp3) is 0.370. The number of aromatic nitrogens is 2. The molecule has 0 aliphatic carbocycles. The van der Waals surface area contributed by atoms with Crippen molar-refractivity contribution in [3.63, 3.8) is 0 Å². The van der Waals surface area contributed by atoms with Crippen LogP contribution in [-0.2, 0) is 36.5 Å². The van der Waals surface area contributed by atoms with Gasteiger partial charge < -0.3 is 19.9 Å². The summed E-state index contributed by atoms with van der Waals surface area (Å²) in [4.78, 5) is 25.7. The third-order valence-corrected chi connectivity index (χ3v) is 6.77. The van der Waals surface area contributed by atoms with Gasteiger partial charge in [0, 0.05) is 43.7 Å². The Bertz CT molecular complexity index is 1410. The number of amides is 2. The largest absolute Gasteiger partial charge is 0.416 e. The average Bonchev–Trinajstić information content (AvgIpc) is 2.92. The minimum Gasteiger partial charge on any atom is -0.378 e. The van der Waals surface area contributed by atoms with Crippen molar-refractivity contribution in [1.29, 1.82) is 0 Å². The van der Waals surface area contributed by atoms with Crippen molar-refractivity contribution in [1.82, 2.24) is 14.9 Å². The van der Waals surface area contributed by atoms with Crippen molar-refractivity contribution < 1.29 is 40.3 Å². The maximum atomic E-state index is 13.7. The summed E-state index contributed by atoms with van der Waals surface area (Å²) in [5.41, 5.74) is -1.72. The molecule has 0 radical (unpaired) electrons. The number of carbonyl (C=O) groups is 1. The number of anilines is 2. The number of hydrogen-bond acceptors (Lipinski definition) is 5. The van der Waals surface area contributed by atoms with Crippen LogP contribution in [-0.4, -0.2) is 53.7 Å². The number of nitrogens with zero attached hydrogens (tertiary/aromatic N) is 4. The molecule has 0 spiro atoms. The van der Waals surface area contributed by atoms with Gasteiger partial charge in [-0.05, 0) is 35.9 Å². The Hall–Kier alpha value is -3.94. The monoisotopic (exact) mass is 583 g/mol. The van der Waals surface area contributed by atoms with Crippen LogP contribution in [0.15, 0.2) is 42.5 Å². The summed E-state index contributed by atoms with van der Waals surface area (Å²) in [5.74, 6) is 0.622. The second-order valence-electron chi connectivity index (χ2n) is 9.69. The Labute approximate surface area is 229 Å². The maximum absolute atomic E-state index is 13.7. The first kappa shape index (κ1) is 28.6. The van der Waals surface area contributed by atoms with Gasteiger partial charge in [-0.1, -0.05) is 12.1 Å². The zero-order valence-corrected chi connectivity index (χ0v) is 21.4. The van der Waals surface area contributed by atoms with Crippen LogP contribution < -0.4 is 10.2 Å². The topological polar surface area (TPSA) is 70.6 Å². The predicted molar refractivity (Wildman–Crippen MR) is 134 cm³/mol. The highest BCUT2D eigenvalue weighted by molar-refractivity contribution is 5.90. The quantitative estimate of drug-likeness (QED) is 0.401. The van der Waals surface area contributed by atoms with Gasteiger partial charge in [-0.2, -0.15) is 26.3 Å². The van der Waals surface area contributed by atoms with Gasteiger partial charge in [-0.25, -0.2) is 19.2 Å². The molecule has 7 nitrogen and oxygen atoms in total. The highest BCUT2D eigenvalue weighted by Crippen LogP contribution is 2.38. The Morgan fingerprint density at radius 3 is 2.24 bits per heavy atom. The molecule has 1 N–H and O–H groups in total. The van der Waals surface area contributed by atoms with Gasteiger partial charge in [0.2, 0.25) is 0 Å². The SMILES string of the molecule is O=C(Nc1cc(C(F)(F)F)cc(C(F)(F)F)c1)N1CCc2nc(Cc3cccc(F)c3)nc(N3CCOCC3)c2C1. The van der Waals surface area contributed by atoms with Crippen molar-refractivity contribution >= 4 is 17.5 Å². The molecule has 1 fully saturated rings. The van der Waals surface area contributed by atoms with Crippen molar-refractivity contribution in [2.24, 2.45) is 0 Å². The number of alkyl halides is 6. The minimum absolute atomic E-state index is 0.000159. The molecule has 2 amide bonds. The lowest BCUT2D eigenvalue weighted by Gasteiger charge is -2.34. The molecule has 2 aliphatic rings. The molecule has 0 unspecified atom stereocenters. The first-order valence-corrected chi connectivity index (χ1v) is 12.7. The summed E-state index contributed by atoms with van der Waals surface area (Å²) in [6, 6.07) is 6.13. The van der Waals surface area contributed by atoms with Gasteiger partial charge in [0.1, 0.15) is 17.5 Å². The number of rotatable bonds is 4. The van der Waals surface area contributed by atoms with Gasteiger partial charge in [0.05, 0.1) is 36.6 Å². The van der Waals surface area contributed by atoms with E-state index in [2.05, 4.69) is 10.3 Å². The number of nitrogens with one attached hydrogen (secondary N) is 1. The zero-order chi connectivity index (χ0) is 29.4. The summed E-state index contributed by atoms with van der Waals surface area (Å²) in [6.07, 6.45) is -9.55. The summed E-state index contributed by atoms with van der Waals surface area (Å²) in [7, 11) is 0. The third kappa shape index (κ3) is 6.69. The van der Waals surface area contributed by atoms with Crippen LogP contribution in [0.3, 0.4) is 0 Å². The van der Waals surface area contributed by atoms with E-state index in [1.54, 1.807) is 12.1 Å². The summed E-state index contributed by atoms with van der Waals surface area (Å²) in [5, 5.41) is 2.19. The van der Waals surface area contributed by atoms with E-state index in [1.165, 1.54) is 17.0 Å². The zero-order valence-electron chi connectivity index (χ0n) is 21.4. The summed E-state index contributed by atoms with van der Waals surface area (Å²) in [6.45, 7) is 2.01. The van der Waals surface area contributed by atoms with Crippen molar-refractivity contribution in [2.45, 2.75) is 31.7 Å². The van der Waals surface area contributed by atoms with E-state index in [0.717, 1.165) is 0 Å². The highest BCUT2D eigenvalue weighted by Gasteiger charge is 2.37. The number of hydrogen-bond donors (Lipinski definition) is 1. The first-order valence-electron chi connectivity index (χ1n) is 12.7. The summed E-state index contributed by atoms with van der Waals surface area (Å²) >= 11 is 0. The lowest BCUT2D eigenvalue weighted by molar-refractivity contribution is -0.143. The van der Waals surface area contributed by atoms with E-state index in [4.69, 9.17) is 9.72 Å². The lowest BCUT2D eigenvalue weighted by atomic mass is 10.0. The van der Waals surface area contributed by atoms with E-state index in [9.17, 15) is 35.5 Å². The molecule has 218 valence electrons.